The number of methoxy groups -OCH3 is 1. The molecular weight excluding hydrogens is 346 g/mol. The predicted octanol–water partition coefficient (Wildman–Crippen LogP) is 2.94. The number of hydrogen-bond donors (Lipinski definition) is 0. The van der Waals surface area contributed by atoms with Crippen LogP contribution >= 0.6 is 31.9 Å². The second-order valence-corrected chi connectivity index (χ2v) is 4.29. The summed E-state index contributed by atoms with van der Waals surface area (Å²) < 4.78 is 5.45. The molecule has 0 spiro atoms. The van der Waals surface area contributed by atoms with Crippen LogP contribution in [0.2, 0.25) is 0 Å². The van der Waals surface area contributed by atoms with Gasteiger partial charge in [-0.25, -0.2) is 0 Å². The molecule has 0 N–H and O–H groups in total. The molecule has 0 fully saturated rings. The normalized spacial score (nSPS) is 9.94. The Hall–Kier alpha value is -0.950. The van der Waals surface area contributed by atoms with Crippen LogP contribution in [0, 0.1) is 10.1 Å². The van der Waals surface area contributed by atoms with E-state index in [9.17, 15) is 14.9 Å². The second kappa shape index (κ2) is 5.40. The maximum Gasteiger partial charge on any atom is 0.285 e. The van der Waals surface area contributed by atoms with Crippen LogP contribution in [-0.2, 0) is 0 Å². The summed E-state index contributed by atoms with van der Waals surface area (Å²) in [6.45, 7) is 0. The topological polar surface area (TPSA) is 69.4 Å². The molecule has 0 aliphatic carbocycles. The number of alkyl halides is 1. The average molecular weight is 353 g/mol. The lowest BCUT2D eigenvalue weighted by atomic mass is 10.1. The van der Waals surface area contributed by atoms with Crippen LogP contribution < -0.4 is 4.74 Å². The van der Waals surface area contributed by atoms with Gasteiger partial charge in [0.2, 0.25) is 0 Å². The van der Waals surface area contributed by atoms with E-state index in [0.29, 0.717) is 4.47 Å². The first-order chi connectivity index (χ1) is 7.51. The van der Waals surface area contributed by atoms with Gasteiger partial charge in [0.05, 0.1) is 17.4 Å². The highest BCUT2D eigenvalue weighted by molar-refractivity contribution is 9.10. The maximum atomic E-state index is 11.6. The van der Waals surface area contributed by atoms with Crippen molar-refractivity contribution in [3.8, 4) is 5.75 Å². The number of rotatable bonds is 4. The van der Waals surface area contributed by atoms with Crippen LogP contribution in [0.15, 0.2) is 16.6 Å². The molecule has 0 radical (unpaired) electrons. The smallest absolute Gasteiger partial charge is 0.285 e. The Balaban J connectivity index is 3.51. The van der Waals surface area contributed by atoms with Crippen molar-refractivity contribution in [2.45, 2.75) is 0 Å². The molecular formula is C9H7Br2NO4. The van der Waals surface area contributed by atoms with Crippen LogP contribution in [-0.4, -0.2) is 23.1 Å². The fraction of sp³-hybridized carbons (Fsp3) is 0.222. The van der Waals surface area contributed by atoms with Gasteiger partial charge in [0.25, 0.3) is 5.69 Å². The van der Waals surface area contributed by atoms with Crippen LogP contribution in [0.1, 0.15) is 10.4 Å². The second-order valence-electron chi connectivity index (χ2n) is 2.82. The summed E-state index contributed by atoms with van der Waals surface area (Å²) >= 11 is 6.10. The molecule has 0 saturated heterocycles. The van der Waals surface area contributed by atoms with Crippen molar-refractivity contribution in [1.82, 2.24) is 0 Å². The van der Waals surface area contributed by atoms with Gasteiger partial charge < -0.3 is 4.74 Å². The van der Waals surface area contributed by atoms with Crippen LogP contribution in [0.25, 0.3) is 0 Å². The lowest BCUT2D eigenvalue weighted by Gasteiger charge is -2.07. The van der Waals surface area contributed by atoms with E-state index in [2.05, 4.69) is 31.9 Å². The largest absolute Gasteiger partial charge is 0.496 e. The summed E-state index contributed by atoms with van der Waals surface area (Å²) in [5, 5.41) is 10.8. The summed E-state index contributed by atoms with van der Waals surface area (Å²) in [7, 11) is 1.36. The Labute approximate surface area is 108 Å². The van der Waals surface area contributed by atoms with E-state index in [1.807, 2.05) is 0 Å². The summed E-state index contributed by atoms with van der Waals surface area (Å²) in [4.78, 5) is 21.8. The third-order valence-electron chi connectivity index (χ3n) is 1.86. The van der Waals surface area contributed by atoms with Gasteiger partial charge in [0.1, 0.15) is 11.3 Å². The fourth-order valence-electron chi connectivity index (χ4n) is 1.22. The zero-order chi connectivity index (χ0) is 12.3. The standard InChI is InChI=1S/C9H7Br2NO4/c1-16-8-3-5(11)2-6(12(14)15)9(8)7(13)4-10/h2-3H,4H2,1H3. The van der Waals surface area contributed by atoms with Gasteiger partial charge in [-0.1, -0.05) is 31.9 Å². The van der Waals surface area contributed by atoms with Crippen LogP contribution in [0.4, 0.5) is 5.69 Å². The molecule has 7 heteroatoms. The van der Waals surface area contributed by atoms with E-state index < -0.39 is 10.7 Å². The van der Waals surface area contributed by atoms with Crippen molar-refractivity contribution in [3.05, 3.63) is 32.3 Å². The molecule has 16 heavy (non-hydrogen) atoms. The van der Waals surface area contributed by atoms with Crippen LogP contribution in [0.5, 0.6) is 5.75 Å². The molecule has 0 aliphatic heterocycles. The number of halogens is 2. The van der Waals surface area contributed by atoms with Crippen molar-refractivity contribution in [2.24, 2.45) is 0 Å². The SMILES string of the molecule is COc1cc(Br)cc([N+](=O)[O-])c1C(=O)CBr. The first-order valence-corrected chi connectivity index (χ1v) is 6.03. The Morgan fingerprint density at radius 3 is 2.62 bits per heavy atom. The Kier molecular flexibility index (Phi) is 4.43. The minimum absolute atomic E-state index is 0.00579. The predicted molar refractivity (Wildman–Crippen MR) is 65.5 cm³/mol. The van der Waals surface area contributed by atoms with Crippen molar-refractivity contribution in [1.29, 1.82) is 0 Å². The molecule has 0 heterocycles. The number of carbonyl (C=O) groups is 1. The minimum atomic E-state index is -0.608. The van der Waals surface area contributed by atoms with Crippen molar-refractivity contribution < 1.29 is 14.5 Å². The number of benzene rings is 1. The molecule has 0 amide bonds. The number of nitro groups is 1. The number of nitrogens with zero attached hydrogens (tertiary/aromatic N) is 1. The summed E-state index contributed by atoms with van der Waals surface area (Å²) in [6.07, 6.45) is 0. The summed E-state index contributed by atoms with van der Waals surface area (Å²) in [6, 6.07) is 2.79. The van der Waals surface area contributed by atoms with Gasteiger partial charge >= 0.3 is 0 Å². The molecule has 1 aromatic rings. The number of carbonyl (C=O) groups excluding carboxylic acids is 1. The van der Waals surface area contributed by atoms with Crippen molar-refractivity contribution in [2.75, 3.05) is 12.4 Å². The molecule has 0 aliphatic rings. The quantitative estimate of drug-likeness (QED) is 0.361. The molecule has 1 aromatic carbocycles. The highest BCUT2D eigenvalue weighted by atomic mass is 79.9. The van der Waals surface area contributed by atoms with Crippen molar-refractivity contribution >= 4 is 43.3 Å². The monoisotopic (exact) mass is 351 g/mol. The van der Waals surface area contributed by atoms with E-state index in [0.717, 1.165) is 0 Å². The molecule has 0 saturated carbocycles. The lowest BCUT2D eigenvalue weighted by molar-refractivity contribution is -0.385. The van der Waals surface area contributed by atoms with Crippen molar-refractivity contribution in [3.63, 3.8) is 0 Å². The zero-order valence-electron chi connectivity index (χ0n) is 8.20. The summed E-state index contributed by atoms with van der Waals surface area (Å²) in [5.41, 5.74) is -0.289. The average Bonchev–Trinajstić information content (AvgIpc) is 2.26. The highest BCUT2D eigenvalue weighted by Gasteiger charge is 2.25. The number of Topliss-reactive ketones (excluding diaryl/α,β-unsaturated/α-hetero) is 1. The molecule has 0 bridgehead atoms. The van der Waals surface area contributed by atoms with E-state index in [-0.39, 0.29) is 22.3 Å². The van der Waals surface area contributed by atoms with Gasteiger partial charge in [-0.15, -0.1) is 0 Å². The first-order valence-electron chi connectivity index (χ1n) is 4.12. The van der Waals surface area contributed by atoms with Gasteiger partial charge in [0.15, 0.2) is 5.78 Å². The molecule has 0 unspecified atom stereocenters. The number of hydrogen-bond acceptors (Lipinski definition) is 4. The van der Waals surface area contributed by atoms with Crippen LogP contribution in [0.3, 0.4) is 0 Å². The Morgan fingerprint density at radius 2 is 2.19 bits per heavy atom. The molecule has 5 nitrogen and oxygen atoms in total. The van der Waals surface area contributed by atoms with E-state index in [1.54, 1.807) is 0 Å². The minimum Gasteiger partial charge on any atom is -0.496 e. The van der Waals surface area contributed by atoms with E-state index in [4.69, 9.17) is 4.74 Å². The Morgan fingerprint density at radius 1 is 1.56 bits per heavy atom. The maximum absolute atomic E-state index is 11.6. The third-order valence-corrected chi connectivity index (χ3v) is 2.83. The lowest BCUT2D eigenvalue weighted by Crippen LogP contribution is -2.07. The number of ether oxygens (including phenoxy) is 1. The molecule has 0 aromatic heterocycles. The first kappa shape index (κ1) is 13.1. The number of nitro benzene ring substituents is 1. The molecule has 1 rings (SSSR count). The summed E-state index contributed by atoms with van der Waals surface area (Å²) in [5.74, 6) is -0.207. The van der Waals surface area contributed by atoms with Gasteiger partial charge in [-0.05, 0) is 6.07 Å². The zero-order valence-corrected chi connectivity index (χ0v) is 11.4. The highest BCUT2D eigenvalue weighted by Crippen LogP contribution is 2.33. The Bertz CT molecular complexity index is 447. The number of ketones is 1. The van der Waals surface area contributed by atoms with Gasteiger partial charge in [-0.3, -0.25) is 14.9 Å². The van der Waals surface area contributed by atoms with Gasteiger partial charge in [-0.2, -0.15) is 0 Å². The van der Waals surface area contributed by atoms with Gasteiger partial charge in [0, 0.05) is 10.5 Å². The van der Waals surface area contributed by atoms with E-state index >= 15 is 0 Å². The molecule has 0 atom stereocenters. The fourth-order valence-corrected chi connectivity index (χ4v) is 1.93. The van der Waals surface area contributed by atoms with E-state index in [1.165, 1.54) is 19.2 Å². The third kappa shape index (κ3) is 2.59. The molecule has 86 valence electrons.